The van der Waals surface area contributed by atoms with Crippen molar-refractivity contribution in [3.05, 3.63) is 48.0 Å². The van der Waals surface area contributed by atoms with E-state index in [1.807, 2.05) is 23.1 Å². The van der Waals surface area contributed by atoms with Crippen LogP contribution >= 0.6 is 0 Å². The number of carbonyl (C=O) groups excluding carboxylic acids is 1. The van der Waals surface area contributed by atoms with Crippen molar-refractivity contribution in [1.29, 1.82) is 0 Å². The Kier molecular flexibility index (Phi) is 10.6. The first kappa shape index (κ1) is 24.1. The van der Waals surface area contributed by atoms with Crippen LogP contribution in [-0.4, -0.2) is 45.7 Å². The molecular weight excluding hydrogens is 378 g/mol. The number of rotatable bonds is 14. The molecule has 1 aliphatic heterocycles. The summed E-state index contributed by atoms with van der Waals surface area (Å²) in [7, 11) is 0. The van der Waals surface area contributed by atoms with Gasteiger partial charge in [0.25, 0.3) is 0 Å². The fourth-order valence-corrected chi connectivity index (χ4v) is 4.03. The molecule has 3 atom stereocenters. The summed E-state index contributed by atoms with van der Waals surface area (Å²) >= 11 is 0. The Balaban J connectivity index is 1.70. The van der Waals surface area contributed by atoms with E-state index in [1.54, 1.807) is 0 Å². The molecule has 5 nitrogen and oxygen atoms in total. The van der Waals surface area contributed by atoms with Crippen LogP contribution in [-0.2, 0) is 16.0 Å². The van der Waals surface area contributed by atoms with Crippen molar-refractivity contribution in [2.45, 2.75) is 83.3 Å². The number of benzene rings is 1. The van der Waals surface area contributed by atoms with Gasteiger partial charge in [-0.25, -0.2) is 0 Å². The van der Waals surface area contributed by atoms with Crippen LogP contribution in [0.25, 0.3) is 0 Å². The minimum Gasteiger partial charge on any atom is -0.481 e. The Morgan fingerprint density at radius 3 is 2.63 bits per heavy atom. The van der Waals surface area contributed by atoms with Crippen molar-refractivity contribution in [2.75, 3.05) is 6.54 Å². The SMILES string of the molecule is CC(CCCc1ccccc1)C(O)C=CC1CCC(=O)N1CCCCCCC(=O)O. The molecule has 0 aliphatic carbocycles. The maximum Gasteiger partial charge on any atom is 0.303 e. The summed E-state index contributed by atoms with van der Waals surface area (Å²) < 4.78 is 0. The fourth-order valence-electron chi connectivity index (χ4n) is 4.03. The van der Waals surface area contributed by atoms with Gasteiger partial charge in [-0.05, 0) is 50.0 Å². The second kappa shape index (κ2) is 13.2. The fraction of sp³-hybridized carbons (Fsp3) is 0.600. The van der Waals surface area contributed by atoms with Crippen LogP contribution in [0.2, 0.25) is 0 Å². The molecule has 2 N–H and O–H groups in total. The van der Waals surface area contributed by atoms with Crippen LogP contribution in [0, 0.1) is 5.92 Å². The van der Waals surface area contributed by atoms with Crippen LogP contribution in [0.3, 0.4) is 0 Å². The number of hydrogen-bond acceptors (Lipinski definition) is 3. The number of hydrogen-bond donors (Lipinski definition) is 2. The van der Waals surface area contributed by atoms with Gasteiger partial charge < -0.3 is 15.1 Å². The second-order valence-corrected chi connectivity index (χ2v) is 8.48. The van der Waals surface area contributed by atoms with Gasteiger partial charge in [0.15, 0.2) is 0 Å². The number of amides is 1. The second-order valence-electron chi connectivity index (χ2n) is 8.48. The largest absolute Gasteiger partial charge is 0.481 e. The Morgan fingerprint density at radius 2 is 1.90 bits per heavy atom. The van der Waals surface area contributed by atoms with Crippen molar-refractivity contribution < 1.29 is 19.8 Å². The summed E-state index contributed by atoms with van der Waals surface area (Å²) in [4.78, 5) is 24.7. The number of carboxylic acid groups (broad SMARTS) is 1. The summed E-state index contributed by atoms with van der Waals surface area (Å²) in [6.07, 6.45) is 11.4. The van der Waals surface area contributed by atoms with E-state index >= 15 is 0 Å². The highest BCUT2D eigenvalue weighted by Crippen LogP contribution is 2.22. The predicted molar refractivity (Wildman–Crippen MR) is 119 cm³/mol. The molecular formula is C25H37NO4. The molecule has 0 aromatic heterocycles. The number of unbranched alkanes of at least 4 members (excludes halogenated alkanes) is 3. The third kappa shape index (κ3) is 8.70. The van der Waals surface area contributed by atoms with Crippen molar-refractivity contribution >= 4 is 11.9 Å². The van der Waals surface area contributed by atoms with Crippen LogP contribution < -0.4 is 0 Å². The van der Waals surface area contributed by atoms with Crippen LogP contribution in [0.15, 0.2) is 42.5 Å². The number of nitrogens with zero attached hydrogens (tertiary/aromatic N) is 1. The van der Waals surface area contributed by atoms with Gasteiger partial charge in [0, 0.05) is 19.4 Å². The molecule has 1 aromatic rings. The summed E-state index contributed by atoms with van der Waals surface area (Å²) in [6, 6.07) is 10.5. The molecule has 0 spiro atoms. The summed E-state index contributed by atoms with van der Waals surface area (Å²) in [5.41, 5.74) is 1.33. The standard InChI is InChI=1S/C25H37NO4/c1-20(10-9-13-21-11-5-4-6-12-21)23(27)17-15-22-16-18-24(28)26(22)19-8-3-2-7-14-25(29)30/h4-6,11-12,15,17,20,22-23,27H,2-3,7-10,13-14,16,18-19H2,1H3,(H,29,30). The number of aliphatic hydroxyl groups is 1. The summed E-state index contributed by atoms with van der Waals surface area (Å²) in [5.74, 6) is -0.381. The highest BCUT2D eigenvalue weighted by Gasteiger charge is 2.28. The first-order valence-electron chi connectivity index (χ1n) is 11.4. The maximum atomic E-state index is 12.2. The molecule has 3 unspecified atom stereocenters. The third-order valence-electron chi connectivity index (χ3n) is 6.00. The number of aliphatic carboxylic acids is 1. The van der Waals surface area contributed by atoms with Crippen molar-refractivity contribution in [3.8, 4) is 0 Å². The van der Waals surface area contributed by atoms with E-state index in [1.165, 1.54) is 5.56 Å². The molecule has 1 aromatic carbocycles. The van der Waals surface area contributed by atoms with Gasteiger partial charge in [-0.1, -0.05) is 62.2 Å². The van der Waals surface area contributed by atoms with Crippen LogP contribution in [0.4, 0.5) is 0 Å². The molecule has 30 heavy (non-hydrogen) atoms. The molecule has 1 fully saturated rings. The Morgan fingerprint density at radius 1 is 1.17 bits per heavy atom. The van der Waals surface area contributed by atoms with Gasteiger partial charge in [-0.3, -0.25) is 9.59 Å². The predicted octanol–water partition coefficient (Wildman–Crippen LogP) is 4.59. The van der Waals surface area contributed by atoms with Gasteiger partial charge in [-0.15, -0.1) is 0 Å². The van der Waals surface area contributed by atoms with Gasteiger partial charge in [0.05, 0.1) is 12.1 Å². The summed E-state index contributed by atoms with van der Waals surface area (Å²) in [5, 5.41) is 19.2. The quantitative estimate of drug-likeness (QED) is 0.344. The lowest BCUT2D eigenvalue weighted by molar-refractivity contribution is -0.137. The minimum atomic E-state index is -0.747. The lowest BCUT2D eigenvalue weighted by Gasteiger charge is -2.23. The van der Waals surface area contributed by atoms with Gasteiger partial charge in [0.1, 0.15) is 0 Å². The Bertz CT molecular complexity index is 673. The molecule has 0 saturated carbocycles. The first-order valence-corrected chi connectivity index (χ1v) is 11.4. The molecule has 0 bridgehead atoms. The molecule has 2 rings (SSSR count). The van der Waals surface area contributed by atoms with E-state index in [9.17, 15) is 14.7 Å². The van der Waals surface area contributed by atoms with Crippen molar-refractivity contribution in [2.24, 2.45) is 5.92 Å². The third-order valence-corrected chi connectivity index (χ3v) is 6.00. The van der Waals surface area contributed by atoms with Crippen molar-refractivity contribution in [1.82, 2.24) is 4.90 Å². The average Bonchev–Trinajstić information content (AvgIpc) is 3.08. The van der Waals surface area contributed by atoms with Crippen LogP contribution in [0.1, 0.15) is 70.3 Å². The zero-order chi connectivity index (χ0) is 21.8. The summed E-state index contributed by atoms with van der Waals surface area (Å²) in [6.45, 7) is 2.79. The lowest BCUT2D eigenvalue weighted by Crippen LogP contribution is -2.33. The number of aryl methyl sites for hydroxylation is 1. The molecule has 166 valence electrons. The number of carboxylic acids is 1. The maximum absolute atomic E-state index is 12.2. The van der Waals surface area contributed by atoms with E-state index in [4.69, 9.17) is 5.11 Å². The molecule has 1 amide bonds. The van der Waals surface area contributed by atoms with E-state index in [-0.39, 0.29) is 24.3 Å². The Labute approximate surface area is 180 Å². The van der Waals surface area contributed by atoms with E-state index in [0.29, 0.717) is 19.4 Å². The van der Waals surface area contributed by atoms with Gasteiger partial charge >= 0.3 is 5.97 Å². The van der Waals surface area contributed by atoms with Gasteiger partial charge in [-0.2, -0.15) is 0 Å². The number of carbonyl (C=O) groups is 2. The van der Waals surface area contributed by atoms with E-state index in [0.717, 1.165) is 44.9 Å². The van der Waals surface area contributed by atoms with Crippen LogP contribution in [0.5, 0.6) is 0 Å². The molecule has 0 radical (unpaired) electrons. The molecule has 1 heterocycles. The van der Waals surface area contributed by atoms with Gasteiger partial charge in [0.2, 0.25) is 5.91 Å². The Hall–Kier alpha value is -2.14. The molecule has 1 aliphatic rings. The monoisotopic (exact) mass is 415 g/mol. The number of aliphatic hydroxyl groups excluding tert-OH is 1. The number of likely N-dealkylation sites (tertiary alicyclic amines) is 1. The highest BCUT2D eigenvalue weighted by atomic mass is 16.4. The first-order chi connectivity index (χ1) is 14.5. The normalized spacial score (nSPS) is 18.8. The average molecular weight is 416 g/mol. The lowest BCUT2D eigenvalue weighted by atomic mass is 9.95. The highest BCUT2D eigenvalue weighted by molar-refractivity contribution is 5.79. The molecule has 1 saturated heterocycles. The van der Waals surface area contributed by atoms with E-state index < -0.39 is 12.1 Å². The topological polar surface area (TPSA) is 77.8 Å². The minimum absolute atomic E-state index is 0.0719. The molecule has 5 heteroatoms. The zero-order valence-electron chi connectivity index (χ0n) is 18.2. The van der Waals surface area contributed by atoms with E-state index in [2.05, 4.69) is 31.2 Å². The van der Waals surface area contributed by atoms with Crippen molar-refractivity contribution in [3.63, 3.8) is 0 Å². The zero-order valence-corrected chi connectivity index (χ0v) is 18.2. The smallest absolute Gasteiger partial charge is 0.303 e.